The van der Waals surface area contributed by atoms with Crippen molar-refractivity contribution in [3.63, 3.8) is 0 Å². The van der Waals surface area contributed by atoms with E-state index in [4.69, 9.17) is 19.6 Å². The summed E-state index contributed by atoms with van der Waals surface area (Å²) in [5.74, 6) is -0.365. The number of thiophene rings is 1. The first-order valence-corrected chi connectivity index (χ1v) is 15.4. The number of allylic oxidation sites excluding steroid dienone is 1. The number of nitrogens with zero attached hydrogens (tertiary/aromatic N) is 4. The van der Waals surface area contributed by atoms with Gasteiger partial charge in [-0.3, -0.25) is 14.4 Å². The first-order chi connectivity index (χ1) is 21.6. The third kappa shape index (κ3) is 7.21. The van der Waals surface area contributed by atoms with E-state index in [1.807, 2.05) is 30.3 Å². The monoisotopic (exact) mass is 637 g/mol. The molecule has 1 fully saturated rings. The van der Waals surface area contributed by atoms with Gasteiger partial charge in [0.25, 0.3) is 5.91 Å². The summed E-state index contributed by atoms with van der Waals surface area (Å²) in [4.78, 5) is 57.9. The number of rotatable bonds is 14. The summed E-state index contributed by atoms with van der Waals surface area (Å²) in [7, 11) is 2.99. The maximum Gasteiger partial charge on any atom is 0.311 e. The van der Waals surface area contributed by atoms with Gasteiger partial charge in [0, 0.05) is 24.3 Å². The molecule has 3 amide bonds. The van der Waals surface area contributed by atoms with Crippen molar-refractivity contribution in [2.75, 3.05) is 32.1 Å². The number of nitroso groups, excluding NO2 is 1. The number of oxazole rings is 1. The number of benzene rings is 1. The lowest BCUT2D eigenvalue weighted by molar-refractivity contribution is -0.126. The zero-order valence-corrected chi connectivity index (χ0v) is 26.9. The maximum atomic E-state index is 14.1. The van der Waals surface area contributed by atoms with Gasteiger partial charge in [0.15, 0.2) is 0 Å². The highest BCUT2D eigenvalue weighted by molar-refractivity contribution is 7.20. The Bertz CT molecular complexity index is 1530. The minimum atomic E-state index is -1.54. The Morgan fingerprint density at radius 2 is 2.04 bits per heavy atom. The fourth-order valence-electron chi connectivity index (χ4n) is 5.44. The van der Waals surface area contributed by atoms with Crippen molar-refractivity contribution in [1.29, 1.82) is 0 Å². The first-order valence-electron chi connectivity index (χ1n) is 14.6. The molecular weight excluding hydrogens is 598 g/mol. The number of aromatic nitrogens is 1. The molecule has 3 atom stereocenters. The van der Waals surface area contributed by atoms with Crippen molar-refractivity contribution in [2.45, 2.75) is 57.8 Å². The van der Waals surface area contributed by atoms with Crippen LogP contribution in [0.15, 0.2) is 58.5 Å². The smallest absolute Gasteiger partial charge is 0.311 e. The van der Waals surface area contributed by atoms with Gasteiger partial charge < -0.3 is 29.4 Å². The predicted molar refractivity (Wildman–Crippen MR) is 171 cm³/mol. The lowest BCUT2D eigenvalue weighted by Crippen LogP contribution is -2.50. The van der Waals surface area contributed by atoms with E-state index in [2.05, 4.69) is 16.2 Å². The highest BCUT2D eigenvalue weighted by Gasteiger charge is 2.40. The average Bonchev–Trinajstić information content (AvgIpc) is 3.81. The summed E-state index contributed by atoms with van der Waals surface area (Å²) in [5, 5.41) is 2.86. The summed E-state index contributed by atoms with van der Waals surface area (Å²) in [6, 6.07) is 7.46. The van der Waals surface area contributed by atoms with Crippen molar-refractivity contribution >= 4 is 34.6 Å². The normalized spacial score (nSPS) is 17.3. The number of carbonyl (C=O) groups is 3. The zero-order valence-electron chi connectivity index (χ0n) is 26.1. The Hall–Kier alpha value is -4.20. The molecule has 1 aliphatic rings. The topological polar surface area (TPSA) is 158 Å². The molecule has 1 aliphatic carbocycles. The van der Waals surface area contributed by atoms with Crippen molar-refractivity contribution in [3.05, 3.63) is 70.5 Å². The van der Waals surface area contributed by atoms with Crippen LogP contribution in [0.5, 0.6) is 5.75 Å². The fraction of sp³-hybridized carbons (Fsp3) is 0.438. The molecule has 2 N–H and O–H groups in total. The van der Waals surface area contributed by atoms with Crippen molar-refractivity contribution in [1.82, 2.24) is 9.88 Å². The second-order valence-electron chi connectivity index (χ2n) is 11.4. The average molecular weight is 638 g/mol. The Morgan fingerprint density at radius 3 is 2.69 bits per heavy atom. The molecule has 12 nitrogen and oxygen atoms in total. The Kier molecular flexibility index (Phi) is 11.0. The maximum absolute atomic E-state index is 14.1. The van der Waals surface area contributed by atoms with Gasteiger partial charge in [-0.25, -0.2) is 4.98 Å². The van der Waals surface area contributed by atoms with E-state index < -0.39 is 23.5 Å². The lowest BCUT2D eigenvalue weighted by atomic mass is 10.0. The van der Waals surface area contributed by atoms with Crippen LogP contribution in [0.2, 0.25) is 0 Å². The number of nitrogens with two attached hydrogens (primary N) is 1. The van der Waals surface area contributed by atoms with Gasteiger partial charge in [0.05, 0.1) is 36.4 Å². The predicted octanol–water partition coefficient (Wildman–Crippen LogP) is 5.27. The second kappa shape index (κ2) is 14.7. The number of carbonyl (C=O) groups excluding carboxylic acids is 3. The van der Waals surface area contributed by atoms with Gasteiger partial charge in [-0.15, -0.1) is 16.2 Å². The van der Waals surface area contributed by atoms with E-state index in [-0.39, 0.29) is 24.1 Å². The Balaban J connectivity index is 1.77. The molecule has 3 aromatic rings. The molecule has 240 valence electrons. The minimum Gasteiger partial charge on any atom is -0.496 e. The van der Waals surface area contributed by atoms with E-state index >= 15 is 0 Å². The molecule has 2 unspecified atom stereocenters. The third-order valence-corrected chi connectivity index (χ3v) is 9.60. The van der Waals surface area contributed by atoms with Crippen LogP contribution in [0, 0.1) is 17.7 Å². The number of para-hydroxylation sites is 1. The number of hydrogen-bond acceptors (Lipinski definition) is 10. The van der Waals surface area contributed by atoms with Gasteiger partial charge in [0.2, 0.25) is 12.3 Å². The largest absolute Gasteiger partial charge is 0.496 e. The molecule has 1 aromatic carbocycles. The molecule has 4 rings (SSSR count). The van der Waals surface area contributed by atoms with Gasteiger partial charge in [-0.05, 0) is 57.6 Å². The Labute approximate surface area is 266 Å². The molecule has 13 heteroatoms. The number of amides is 3. The van der Waals surface area contributed by atoms with E-state index in [1.54, 1.807) is 14.0 Å². The van der Waals surface area contributed by atoms with Crippen molar-refractivity contribution in [2.24, 2.45) is 16.8 Å². The molecule has 45 heavy (non-hydrogen) atoms. The summed E-state index contributed by atoms with van der Waals surface area (Å²) >= 11 is 1.16. The number of anilines is 1. The highest BCUT2D eigenvalue weighted by atomic mass is 32.1. The van der Waals surface area contributed by atoms with Crippen LogP contribution >= 0.6 is 11.3 Å². The summed E-state index contributed by atoms with van der Waals surface area (Å²) in [6.07, 6.45) is 9.53. The third-order valence-electron chi connectivity index (χ3n) is 8.28. The van der Waals surface area contributed by atoms with E-state index in [1.165, 1.54) is 38.3 Å². The van der Waals surface area contributed by atoms with Crippen LogP contribution in [-0.4, -0.2) is 67.0 Å². The SMILES string of the molecule is COc1ccccc1C(CN(C=O)c1sc(-c2ncco2)c(C)c1C(=O)N(C)C(C)(C)C(=O)N=O)O[C@H]1CCC(/C=C\CN)C1. The first kappa shape index (κ1) is 33.7. The molecule has 2 heterocycles. The zero-order chi connectivity index (χ0) is 32.7. The molecule has 0 spiro atoms. The minimum absolute atomic E-state index is 0.0524. The molecule has 0 radical (unpaired) electrons. The van der Waals surface area contributed by atoms with Crippen LogP contribution in [0.3, 0.4) is 0 Å². The van der Waals surface area contributed by atoms with Crippen LogP contribution in [0.1, 0.15) is 60.7 Å². The molecule has 2 aromatic heterocycles. The van der Waals surface area contributed by atoms with E-state index in [0.29, 0.717) is 40.1 Å². The van der Waals surface area contributed by atoms with Crippen LogP contribution in [0.4, 0.5) is 5.00 Å². The van der Waals surface area contributed by atoms with Gasteiger partial charge in [-0.1, -0.05) is 30.4 Å². The summed E-state index contributed by atoms with van der Waals surface area (Å²) < 4.78 is 17.9. The molecule has 0 saturated heterocycles. The number of likely N-dealkylation sites (N-methyl/N-ethyl adjacent to an activating group) is 1. The number of hydrogen-bond donors (Lipinski definition) is 1. The number of ether oxygens (including phenoxy) is 2. The quantitative estimate of drug-likeness (QED) is 0.141. The van der Waals surface area contributed by atoms with Crippen molar-refractivity contribution < 1.29 is 28.3 Å². The lowest BCUT2D eigenvalue weighted by Gasteiger charge is -2.33. The van der Waals surface area contributed by atoms with Crippen LogP contribution < -0.4 is 15.4 Å². The summed E-state index contributed by atoms with van der Waals surface area (Å²) in [5.41, 5.74) is 5.54. The molecule has 0 aliphatic heterocycles. The molecule has 1 saturated carbocycles. The van der Waals surface area contributed by atoms with Crippen molar-refractivity contribution in [3.8, 4) is 16.5 Å². The summed E-state index contributed by atoms with van der Waals surface area (Å²) in [6.45, 7) is 5.12. The fourth-order valence-corrected chi connectivity index (χ4v) is 6.66. The van der Waals surface area contributed by atoms with Crippen LogP contribution in [-0.2, 0) is 14.3 Å². The van der Waals surface area contributed by atoms with E-state index in [0.717, 1.165) is 41.1 Å². The standard InChI is InChI=1S/C32H39N5O7S/c1-20-26(29(39)36(4)32(2,3)31(40)35-41)30(45-27(20)28-34-15-16-43-28)37(19-38)18-25(23-10-6-7-11-24(23)42-5)44-22-13-12-21(17-22)9-8-14-33/h6-11,15-16,19,21-22,25H,12-14,17-18,33H2,1-5H3/b9-8-/t21?,22-,25?/m0/s1. The van der Waals surface area contributed by atoms with Gasteiger partial charge >= 0.3 is 5.91 Å². The Morgan fingerprint density at radius 1 is 1.29 bits per heavy atom. The second-order valence-corrected chi connectivity index (χ2v) is 12.4. The molecular formula is C32H39N5O7S. The number of methoxy groups -OCH3 is 1. The van der Waals surface area contributed by atoms with Crippen LogP contribution in [0.25, 0.3) is 10.8 Å². The van der Waals surface area contributed by atoms with Gasteiger partial charge in [0.1, 0.15) is 28.7 Å². The molecule has 0 bridgehead atoms. The van der Waals surface area contributed by atoms with E-state index in [9.17, 15) is 19.3 Å². The van der Waals surface area contributed by atoms with Gasteiger partial charge in [-0.2, -0.15) is 0 Å². The highest BCUT2D eigenvalue weighted by Crippen LogP contribution is 2.44.